The summed E-state index contributed by atoms with van der Waals surface area (Å²) < 4.78 is 0. The molecule has 0 aromatic heterocycles. The van der Waals surface area contributed by atoms with Crippen LogP contribution in [0.4, 0.5) is 0 Å². The van der Waals surface area contributed by atoms with Crippen LogP contribution >= 0.6 is 11.5 Å². The van der Waals surface area contributed by atoms with Gasteiger partial charge in [-0.3, -0.25) is 0 Å². The molecule has 0 bridgehead atoms. The molecule has 0 aromatic rings. The molecule has 0 atom stereocenters. The molecular formula is C24H44P2S2. The third-order valence-electron chi connectivity index (χ3n) is 8.88. The van der Waals surface area contributed by atoms with E-state index in [-0.39, 0.29) is 0 Å². The molecule has 4 fully saturated rings. The fourth-order valence-corrected chi connectivity index (χ4v) is 31.3. The van der Waals surface area contributed by atoms with Gasteiger partial charge in [-0.25, -0.2) is 0 Å². The minimum Gasteiger partial charge on any atom is -0.0913 e. The molecule has 0 aliphatic heterocycles. The Labute approximate surface area is 185 Å². The molecule has 0 amide bonds. The van der Waals surface area contributed by atoms with Gasteiger partial charge in [0.2, 0.25) is 0 Å². The van der Waals surface area contributed by atoms with Crippen molar-refractivity contribution < 1.29 is 0 Å². The predicted molar refractivity (Wildman–Crippen MR) is 136 cm³/mol. The molecule has 0 nitrogen and oxygen atoms in total. The molecule has 0 unspecified atom stereocenters. The van der Waals surface area contributed by atoms with Crippen LogP contribution in [0, 0.1) is 0 Å². The largest absolute Gasteiger partial charge is 0.0913 e. The molecule has 4 heteroatoms. The topological polar surface area (TPSA) is 0 Å². The van der Waals surface area contributed by atoms with E-state index in [1.54, 1.807) is 0 Å². The van der Waals surface area contributed by atoms with Crippen molar-refractivity contribution in [2.75, 3.05) is 0 Å². The standard InChI is InChI=1S/C24H44P2S2/c27-25(21-13-5-1-6-14-21,22-15-7-2-8-16-22)26(28,23-17-9-3-10-18-23)24-19-11-4-12-20-24/h21-24H,1-20H2. The summed E-state index contributed by atoms with van der Waals surface area (Å²) in [5.74, 6) is 0. The molecule has 4 aliphatic rings. The van der Waals surface area contributed by atoms with Gasteiger partial charge < -0.3 is 0 Å². The minimum absolute atomic E-state index is 0.897. The van der Waals surface area contributed by atoms with Crippen molar-refractivity contribution in [3.8, 4) is 0 Å². The summed E-state index contributed by atoms with van der Waals surface area (Å²) in [6, 6.07) is 0. The van der Waals surface area contributed by atoms with E-state index in [1.165, 1.54) is 128 Å². The van der Waals surface area contributed by atoms with Crippen LogP contribution in [0.25, 0.3) is 0 Å². The van der Waals surface area contributed by atoms with Crippen LogP contribution in [-0.2, 0) is 23.6 Å². The van der Waals surface area contributed by atoms with Crippen LogP contribution in [-0.4, -0.2) is 22.6 Å². The average Bonchev–Trinajstić information content (AvgIpc) is 2.80. The normalized spacial score (nSPS) is 28.4. The highest BCUT2D eigenvalue weighted by Gasteiger charge is 2.52. The maximum Gasteiger partial charge on any atom is -0.00660 e. The van der Waals surface area contributed by atoms with Gasteiger partial charge in [0.15, 0.2) is 0 Å². The molecule has 0 heterocycles. The third-order valence-corrected chi connectivity index (χ3v) is 32.3. The monoisotopic (exact) mass is 458 g/mol. The minimum atomic E-state index is -1.47. The first-order valence-corrected chi connectivity index (χ1v) is 19.5. The Morgan fingerprint density at radius 2 is 0.500 bits per heavy atom. The van der Waals surface area contributed by atoms with E-state index < -0.39 is 11.5 Å². The van der Waals surface area contributed by atoms with E-state index in [9.17, 15) is 0 Å². The van der Waals surface area contributed by atoms with Crippen LogP contribution in [0.3, 0.4) is 0 Å². The van der Waals surface area contributed by atoms with Crippen LogP contribution < -0.4 is 0 Å². The molecule has 4 saturated carbocycles. The van der Waals surface area contributed by atoms with E-state index in [2.05, 4.69) is 0 Å². The Hall–Kier alpha value is 1.30. The maximum absolute atomic E-state index is 7.19. The first-order valence-electron chi connectivity index (χ1n) is 12.9. The molecule has 4 aliphatic carbocycles. The van der Waals surface area contributed by atoms with Crippen molar-refractivity contribution >= 4 is 35.1 Å². The Bertz CT molecular complexity index is 481. The molecule has 4 rings (SSSR count). The van der Waals surface area contributed by atoms with Gasteiger partial charge in [-0.05, 0) is 85.5 Å². The van der Waals surface area contributed by atoms with Gasteiger partial charge in [0.05, 0.1) is 0 Å². The Morgan fingerprint density at radius 3 is 0.679 bits per heavy atom. The first kappa shape index (κ1) is 22.5. The van der Waals surface area contributed by atoms with Gasteiger partial charge in [-0.15, -0.1) is 0 Å². The van der Waals surface area contributed by atoms with Gasteiger partial charge in [0.25, 0.3) is 0 Å². The molecule has 0 N–H and O–H groups in total. The lowest BCUT2D eigenvalue weighted by atomic mass is 9.99. The van der Waals surface area contributed by atoms with E-state index in [1.807, 2.05) is 0 Å². The van der Waals surface area contributed by atoms with Gasteiger partial charge in [-0.2, -0.15) is 0 Å². The Morgan fingerprint density at radius 1 is 0.321 bits per heavy atom. The number of hydrogen-bond acceptors (Lipinski definition) is 2. The summed E-state index contributed by atoms with van der Waals surface area (Å²) in [5, 5.41) is 0. The third kappa shape index (κ3) is 4.30. The van der Waals surface area contributed by atoms with E-state index in [0.717, 1.165) is 22.6 Å². The van der Waals surface area contributed by atoms with Gasteiger partial charge in [-0.1, -0.05) is 101 Å². The summed E-state index contributed by atoms with van der Waals surface area (Å²) in [4.78, 5) is 0. The van der Waals surface area contributed by atoms with Crippen molar-refractivity contribution in [3.05, 3.63) is 0 Å². The van der Waals surface area contributed by atoms with Crippen molar-refractivity contribution in [2.45, 2.75) is 151 Å². The number of hydrogen-bond donors (Lipinski definition) is 0. The predicted octanol–water partition coefficient (Wildman–Crippen LogP) is 9.19. The molecule has 162 valence electrons. The average molecular weight is 459 g/mol. The molecule has 28 heavy (non-hydrogen) atoms. The Kier molecular flexibility index (Phi) is 8.26. The molecule has 0 aromatic carbocycles. The summed E-state index contributed by atoms with van der Waals surface area (Å²) in [6.45, 7) is 0. The van der Waals surface area contributed by atoms with Crippen LogP contribution in [0.2, 0.25) is 0 Å². The molecule has 0 radical (unpaired) electrons. The van der Waals surface area contributed by atoms with Crippen molar-refractivity contribution in [1.29, 1.82) is 0 Å². The fraction of sp³-hybridized carbons (Fsp3) is 1.00. The summed E-state index contributed by atoms with van der Waals surface area (Å²) in [7, 11) is 0. The fourth-order valence-electron chi connectivity index (χ4n) is 7.42. The highest BCUT2D eigenvalue weighted by Crippen LogP contribution is 2.93. The number of rotatable bonds is 5. The second-order valence-corrected chi connectivity index (χ2v) is 25.3. The zero-order valence-electron chi connectivity index (χ0n) is 18.2. The highest BCUT2D eigenvalue weighted by atomic mass is 32.8. The zero-order chi connectivity index (χ0) is 19.5. The first-order chi connectivity index (χ1) is 13.7. The van der Waals surface area contributed by atoms with E-state index >= 15 is 0 Å². The maximum atomic E-state index is 7.19. The summed E-state index contributed by atoms with van der Waals surface area (Å²) >= 11 is 14.4. The van der Waals surface area contributed by atoms with E-state index in [0.29, 0.717) is 0 Å². The highest BCUT2D eigenvalue weighted by molar-refractivity contribution is 8.67. The second kappa shape index (κ2) is 10.3. The van der Waals surface area contributed by atoms with Crippen molar-refractivity contribution in [2.24, 2.45) is 0 Å². The van der Waals surface area contributed by atoms with Gasteiger partial charge in [0, 0.05) is 0 Å². The zero-order valence-corrected chi connectivity index (χ0v) is 21.6. The summed E-state index contributed by atoms with van der Waals surface area (Å²) in [5.41, 5.74) is 0.649. The molecule has 0 saturated heterocycles. The van der Waals surface area contributed by atoms with Gasteiger partial charge in [0.1, 0.15) is 0 Å². The van der Waals surface area contributed by atoms with Crippen LogP contribution in [0.1, 0.15) is 128 Å². The summed E-state index contributed by atoms with van der Waals surface area (Å²) in [6.07, 6.45) is 29.2. The van der Waals surface area contributed by atoms with Crippen LogP contribution in [0.5, 0.6) is 0 Å². The van der Waals surface area contributed by atoms with Crippen LogP contribution in [0.15, 0.2) is 0 Å². The van der Waals surface area contributed by atoms with Crippen molar-refractivity contribution in [3.63, 3.8) is 0 Å². The quantitative estimate of drug-likeness (QED) is 0.377. The SMILES string of the molecule is S=P(C1CCCCC1)(C1CCCCC1)P(=S)(C1CCCCC1)C1CCCCC1. The van der Waals surface area contributed by atoms with Gasteiger partial charge >= 0.3 is 0 Å². The smallest absolute Gasteiger partial charge is 0.00660 e. The lowest BCUT2D eigenvalue weighted by Crippen LogP contribution is -2.31. The molecular weight excluding hydrogens is 414 g/mol. The van der Waals surface area contributed by atoms with Crippen molar-refractivity contribution in [1.82, 2.24) is 0 Å². The lowest BCUT2D eigenvalue weighted by Gasteiger charge is -2.55. The van der Waals surface area contributed by atoms with E-state index in [4.69, 9.17) is 23.6 Å². The lowest BCUT2D eigenvalue weighted by molar-refractivity contribution is 0.478. The Balaban J connectivity index is 1.77. The molecule has 0 spiro atoms. The second-order valence-electron chi connectivity index (χ2n) is 10.5.